The number of rotatable bonds is 6. The number of carboxylic acids is 2. The number of nitrogens with two attached hydrogens (primary N) is 2. The van der Waals surface area contributed by atoms with Crippen molar-refractivity contribution in [2.75, 3.05) is 6.61 Å². The SMILES string of the molecule is NC(N)=Nc1ccc2c(c1)CCCOc1c(cccc1C(=O)NC(CC(=O)O)C(=O)O)OC2=O. The summed E-state index contributed by atoms with van der Waals surface area (Å²) in [7, 11) is 0. The Morgan fingerprint density at radius 3 is 2.59 bits per heavy atom. The minimum absolute atomic E-state index is 0.0519. The minimum Gasteiger partial charge on any atom is -0.489 e. The third kappa shape index (κ3) is 5.79. The third-order valence-electron chi connectivity index (χ3n) is 4.81. The molecule has 0 fully saturated rings. The lowest BCUT2D eigenvalue weighted by Crippen LogP contribution is -2.42. The number of fused-ring (bicyclic) bond motifs is 2. The number of hydrogen-bond donors (Lipinski definition) is 5. The Morgan fingerprint density at radius 2 is 1.91 bits per heavy atom. The summed E-state index contributed by atoms with van der Waals surface area (Å²) in [5, 5.41) is 20.2. The molecule has 1 amide bonds. The molecule has 0 aromatic heterocycles. The molecule has 12 heteroatoms. The maximum Gasteiger partial charge on any atom is 0.343 e. The molecular formula is C22H22N4O8. The summed E-state index contributed by atoms with van der Waals surface area (Å²) >= 11 is 0. The molecule has 1 atom stereocenters. The van der Waals surface area contributed by atoms with Crippen LogP contribution in [0.3, 0.4) is 0 Å². The van der Waals surface area contributed by atoms with Crippen molar-refractivity contribution in [2.45, 2.75) is 25.3 Å². The van der Waals surface area contributed by atoms with Crippen LogP contribution in [0.15, 0.2) is 41.4 Å². The largest absolute Gasteiger partial charge is 0.489 e. The summed E-state index contributed by atoms with van der Waals surface area (Å²) in [4.78, 5) is 51.8. The van der Waals surface area contributed by atoms with E-state index in [1.54, 1.807) is 12.1 Å². The fraction of sp³-hybridized carbons (Fsp3) is 0.227. The first kappa shape index (κ1) is 24.0. The number of nitrogens with one attached hydrogen (secondary N) is 1. The van der Waals surface area contributed by atoms with Crippen LogP contribution in [0.5, 0.6) is 11.5 Å². The van der Waals surface area contributed by atoms with E-state index in [2.05, 4.69) is 10.3 Å². The predicted octanol–water partition coefficient (Wildman–Crippen LogP) is 0.793. The molecule has 1 unspecified atom stereocenters. The Bertz CT molecular complexity index is 1170. The molecular weight excluding hydrogens is 448 g/mol. The molecule has 34 heavy (non-hydrogen) atoms. The lowest BCUT2D eigenvalue weighted by atomic mass is 10.0. The van der Waals surface area contributed by atoms with E-state index in [0.717, 1.165) is 0 Å². The van der Waals surface area contributed by atoms with E-state index in [-0.39, 0.29) is 35.2 Å². The highest BCUT2D eigenvalue weighted by Crippen LogP contribution is 2.34. The molecule has 0 aliphatic carbocycles. The lowest BCUT2D eigenvalue weighted by Gasteiger charge is -2.19. The zero-order valence-electron chi connectivity index (χ0n) is 17.8. The molecule has 0 saturated carbocycles. The van der Waals surface area contributed by atoms with Crippen LogP contribution in [0.25, 0.3) is 0 Å². The number of nitrogens with zero attached hydrogens (tertiary/aromatic N) is 1. The molecule has 7 N–H and O–H groups in total. The van der Waals surface area contributed by atoms with Gasteiger partial charge in [0.2, 0.25) is 0 Å². The number of guanidine groups is 1. The highest BCUT2D eigenvalue weighted by atomic mass is 16.6. The topological polar surface area (TPSA) is 204 Å². The lowest BCUT2D eigenvalue weighted by molar-refractivity contribution is -0.145. The average molecular weight is 470 g/mol. The van der Waals surface area contributed by atoms with Gasteiger partial charge >= 0.3 is 17.9 Å². The zero-order chi connectivity index (χ0) is 24.8. The molecule has 178 valence electrons. The first-order valence-electron chi connectivity index (χ1n) is 10.1. The molecule has 1 heterocycles. The Hall–Kier alpha value is -4.61. The van der Waals surface area contributed by atoms with Crippen molar-refractivity contribution in [1.82, 2.24) is 5.32 Å². The standard InChI is InChI=1S/C22H22N4O8/c23-22(24)25-12-6-7-13-11(9-12)3-2-8-33-18-14(4-1-5-16(18)34-21(13)32)19(29)26-15(20(30)31)10-17(27)28/h1,4-7,9,15H,2-3,8,10H2,(H,26,29)(H,27,28)(H,30,31)(H4,23,24,25). The van der Waals surface area contributed by atoms with Gasteiger partial charge in [0.25, 0.3) is 5.91 Å². The van der Waals surface area contributed by atoms with Gasteiger partial charge in [-0.3, -0.25) is 9.59 Å². The van der Waals surface area contributed by atoms with Crippen LogP contribution < -0.4 is 26.3 Å². The van der Waals surface area contributed by atoms with E-state index < -0.39 is 36.3 Å². The summed E-state index contributed by atoms with van der Waals surface area (Å²) in [6, 6.07) is 7.29. The second kappa shape index (κ2) is 10.3. The summed E-state index contributed by atoms with van der Waals surface area (Å²) in [6.45, 7) is 0.137. The average Bonchev–Trinajstić information content (AvgIpc) is 2.75. The number of amides is 1. The van der Waals surface area contributed by atoms with E-state index >= 15 is 0 Å². The van der Waals surface area contributed by atoms with E-state index in [9.17, 15) is 24.3 Å². The van der Waals surface area contributed by atoms with Gasteiger partial charge in [-0.1, -0.05) is 6.07 Å². The smallest absolute Gasteiger partial charge is 0.343 e. The molecule has 2 aromatic rings. The molecule has 2 aromatic carbocycles. The van der Waals surface area contributed by atoms with E-state index in [1.807, 2.05) is 0 Å². The first-order chi connectivity index (χ1) is 16.2. The van der Waals surface area contributed by atoms with Gasteiger partial charge in [-0.2, -0.15) is 0 Å². The van der Waals surface area contributed by atoms with Crippen LogP contribution in [0, 0.1) is 0 Å². The number of ether oxygens (including phenoxy) is 2. The molecule has 0 spiro atoms. The first-order valence-corrected chi connectivity index (χ1v) is 10.1. The third-order valence-corrected chi connectivity index (χ3v) is 4.81. The summed E-state index contributed by atoms with van der Waals surface area (Å²) in [5.74, 6) is -4.73. The molecule has 0 bridgehead atoms. The number of para-hydroxylation sites is 1. The highest BCUT2D eigenvalue weighted by molar-refractivity contribution is 6.01. The fourth-order valence-corrected chi connectivity index (χ4v) is 3.33. The van der Waals surface area contributed by atoms with Gasteiger partial charge in [0.1, 0.15) is 6.04 Å². The maximum absolute atomic E-state index is 12.9. The van der Waals surface area contributed by atoms with Gasteiger partial charge in [0.05, 0.1) is 29.8 Å². The highest BCUT2D eigenvalue weighted by Gasteiger charge is 2.27. The second-order valence-electron chi connectivity index (χ2n) is 7.31. The van der Waals surface area contributed by atoms with Gasteiger partial charge in [-0.05, 0) is 48.7 Å². The van der Waals surface area contributed by atoms with Crippen molar-refractivity contribution < 1.29 is 38.9 Å². The predicted molar refractivity (Wildman–Crippen MR) is 118 cm³/mol. The number of aliphatic carboxylic acids is 2. The number of esters is 1. The number of benzene rings is 2. The number of aryl methyl sites for hydroxylation is 1. The van der Waals surface area contributed by atoms with Crippen molar-refractivity contribution in [1.29, 1.82) is 0 Å². The second-order valence-corrected chi connectivity index (χ2v) is 7.31. The molecule has 1 aliphatic heterocycles. The number of aliphatic imine (C=N–C) groups is 1. The van der Waals surface area contributed by atoms with Gasteiger partial charge in [0, 0.05) is 0 Å². The van der Waals surface area contributed by atoms with Gasteiger partial charge in [-0.25, -0.2) is 14.6 Å². The number of hydrogen-bond acceptors (Lipinski definition) is 7. The van der Waals surface area contributed by atoms with Crippen molar-refractivity contribution in [2.24, 2.45) is 16.5 Å². The summed E-state index contributed by atoms with van der Waals surface area (Å²) in [5.41, 5.74) is 12.1. The van der Waals surface area contributed by atoms with Crippen LogP contribution in [0.4, 0.5) is 5.69 Å². The normalized spacial score (nSPS) is 13.7. The Kier molecular flexibility index (Phi) is 7.31. The summed E-state index contributed by atoms with van der Waals surface area (Å²) < 4.78 is 11.2. The number of carbonyl (C=O) groups is 4. The van der Waals surface area contributed by atoms with Crippen LogP contribution in [0.2, 0.25) is 0 Å². The fourth-order valence-electron chi connectivity index (χ4n) is 3.33. The monoisotopic (exact) mass is 470 g/mol. The van der Waals surface area contributed by atoms with E-state index in [0.29, 0.717) is 24.1 Å². The molecule has 0 radical (unpaired) electrons. The Morgan fingerprint density at radius 1 is 1.15 bits per heavy atom. The van der Waals surface area contributed by atoms with Crippen LogP contribution in [0.1, 0.15) is 39.1 Å². The molecule has 12 nitrogen and oxygen atoms in total. The Balaban J connectivity index is 1.93. The van der Waals surface area contributed by atoms with Gasteiger partial charge in [0.15, 0.2) is 17.5 Å². The molecule has 1 aliphatic rings. The molecule has 0 saturated heterocycles. The van der Waals surface area contributed by atoms with E-state index in [1.165, 1.54) is 24.3 Å². The number of carbonyl (C=O) groups excluding carboxylic acids is 2. The summed E-state index contributed by atoms with van der Waals surface area (Å²) in [6.07, 6.45) is 0.0595. The van der Waals surface area contributed by atoms with E-state index in [4.69, 9.17) is 26.0 Å². The molecule has 3 rings (SSSR count). The zero-order valence-corrected chi connectivity index (χ0v) is 17.8. The quantitative estimate of drug-likeness (QED) is 0.174. The van der Waals surface area contributed by atoms with Crippen LogP contribution in [-0.4, -0.2) is 52.6 Å². The minimum atomic E-state index is -1.66. The van der Waals surface area contributed by atoms with Crippen molar-refractivity contribution in [3.05, 3.63) is 53.1 Å². The maximum atomic E-state index is 12.9. The Labute approximate surface area is 193 Å². The van der Waals surface area contributed by atoms with Crippen molar-refractivity contribution in [3.63, 3.8) is 0 Å². The van der Waals surface area contributed by atoms with Gasteiger partial charge < -0.3 is 36.5 Å². The van der Waals surface area contributed by atoms with Crippen molar-refractivity contribution >= 4 is 35.5 Å². The van der Waals surface area contributed by atoms with Crippen LogP contribution >= 0.6 is 0 Å². The van der Waals surface area contributed by atoms with Crippen LogP contribution in [-0.2, 0) is 16.0 Å². The van der Waals surface area contributed by atoms with Crippen molar-refractivity contribution in [3.8, 4) is 11.5 Å². The number of carboxylic acid groups (broad SMARTS) is 2. The van der Waals surface area contributed by atoms with Gasteiger partial charge in [-0.15, -0.1) is 0 Å².